The molecule has 0 fully saturated rings. The van der Waals surface area contributed by atoms with Gasteiger partial charge in [0.15, 0.2) is 8.07 Å². The zero-order valence-corrected chi connectivity index (χ0v) is 36.4. The second-order valence-electron chi connectivity index (χ2n) is 17.1. The van der Waals surface area contributed by atoms with Crippen LogP contribution in [0.3, 0.4) is 0 Å². The van der Waals surface area contributed by atoms with Crippen LogP contribution in [-0.4, -0.2) is 19.6 Å². The molecule has 0 aliphatic carbocycles. The normalized spacial score (nSPS) is 12.5. The van der Waals surface area contributed by atoms with Crippen molar-refractivity contribution in [3.63, 3.8) is 0 Å². The Morgan fingerprint density at radius 2 is 0.954 bits per heavy atom. The molecule has 304 valence electrons. The summed E-state index contributed by atoms with van der Waals surface area (Å²) in [4.78, 5) is 0. The van der Waals surface area contributed by atoms with Gasteiger partial charge in [0.25, 0.3) is 0 Å². The van der Waals surface area contributed by atoms with Gasteiger partial charge in [-0.1, -0.05) is 188 Å². The predicted octanol–water partition coefficient (Wildman–Crippen LogP) is 10.8. The molecule has 0 unspecified atom stereocenters. The number of rotatable bonds is 7. The van der Waals surface area contributed by atoms with Crippen molar-refractivity contribution in [2.24, 2.45) is 0 Å². The van der Waals surface area contributed by atoms with E-state index in [2.05, 4.69) is 241 Å². The smallest absolute Gasteiger partial charge is 0.434 e. The minimum absolute atomic E-state index is 0.303. The maximum absolute atomic E-state index is 7.08. The highest BCUT2D eigenvalue weighted by Crippen LogP contribution is 2.44. The van der Waals surface area contributed by atoms with E-state index in [1.165, 1.54) is 48.1 Å². The molecule has 0 spiro atoms. The van der Waals surface area contributed by atoms with E-state index in [-0.39, 0.29) is 6.92 Å². The van der Waals surface area contributed by atoms with Gasteiger partial charge in [-0.05, 0) is 103 Å². The molecular weight excluding hydrogens is 806 g/mol. The quantitative estimate of drug-likeness (QED) is 0.118. The van der Waals surface area contributed by atoms with E-state index in [0.717, 1.165) is 61.7 Å². The first-order chi connectivity index (χ1) is 32.2. The van der Waals surface area contributed by atoms with Gasteiger partial charge in [0.05, 0.1) is 11.0 Å². The monoisotopic (exact) mass is 845 g/mol. The highest BCUT2D eigenvalue weighted by atomic mass is 28.3. The van der Waals surface area contributed by atoms with Gasteiger partial charge >= 0.3 is 6.92 Å². The summed E-state index contributed by atoms with van der Waals surface area (Å²) in [6.45, 7) is -0.303. The molecule has 2 aliphatic rings. The van der Waals surface area contributed by atoms with Gasteiger partial charge in [-0.3, -0.25) is 0 Å². The molecule has 11 aromatic rings. The average molecular weight is 846 g/mol. The van der Waals surface area contributed by atoms with Gasteiger partial charge < -0.3 is 14.0 Å². The van der Waals surface area contributed by atoms with Crippen LogP contribution in [-0.2, 0) is 0 Å². The van der Waals surface area contributed by atoms with Crippen molar-refractivity contribution >= 4 is 68.5 Å². The lowest BCUT2D eigenvalue weighted by atomic mass is 9.50. The molecule has 0 radical (unpaired) electrons. The van der Waals surface area contributed by atoms with Crippen LogP contribution in [0.2, 0.25) is 0 Å². The van der Waals surface area contributed by atoms with Gasteiger partial charge in [-0.15, -0.1) is 0 Å². The molecule has 65 heavy (non-hydrogen) atoms. The maximum Gasteiger partial charge on any atom is 0.434 e. The van der Waals surface area contributed by atoms with E-state index in [0.29, 0.717) is 0 Å². The highest BCUT2D eigenvalue weighted by Gasteiger charge is 2.44. The molecule has 0 bridgehead atoms. The molecular formula is C60H40BNO2Si. The average Bonchev–Trinajstić information content (AvgIpc) is 3.72. The SMILES string of the molecule is c1ccc([Si](c2ccccc2)(c2ccccc2)c2ccccc2-c2ccc3c(c2)-c2cc(-c4cccc(-n5c6ccccc6c6ccccc65)c4)cc4c2B(O3)c2ccccc2O4)cc1. The summed E-state index contributed by atoms with van der Waals surface area (Å²) >= 11 is 0. The summed E-state index contributed by atoms with van der Waals surface area (Å²) < 4.78 is 16.3. The van der Waals surface area contributed by atoms with Crippen LogP contribution in [0, 0.1) is 0 Å². The second kappa shape index (κ2) is 15.0. The van der Waals surface area contributed by atoms with Gasteiger partial charge in [0, 0.05) is 32.9 Å². The first-order valence-corrected chi connectivity index (χ1v) is 24.4. The lowest BCUT2D eigenvalue weighted by Gasteiger charge is -2.36. The third-order valence-corrected chi connectivity index (χ3v) is 18.5. The summed E-state index contributed by atoms with van der Waals surface area (Å²) in [6.07, 6.45) is 0. The Morgan fingerprint density at radius 3 is 1.65 bits per heavy atom. The fourth-order valence-electron chi connectivity index (χ4n) is 10.8. The lowest BCUT2D eigenvalue weighted by molar-refractivity contribution is 0.479. The molecule has 0 amide bonds. The minimum atomic E-state index is -2.86. The summed E-state index contributed by atoms with van der Waals surface area (Å²) in [7, 11) is -2.86. The van der Waals surface area contributed by atoms with E-state index in [1.54, 1.807) is 0 Å². The summed E-state index contributed by atoms with van der Waals surface area (Å²) in [5.41, 5.74) is 12.3. The molecule has 10 aromatic carbocycles. The van der Waals surface area contributed by atoms with Crippen molar-refractivity contribution in [2.75, 3.05) is 0 Å². The van der Waals surface area contributed by atoms with E-state index in [9.17, 15) is 0 Å². The molecule has 0 atom stereocenters. The number of hydrogen-bond acceptors (Lipinski definition) is 2. The number of aromatic nitrogens is 1. The predicted molar refractivity (Wildman–Crippen MR) is 273 cm³/mol. The van der Waals surface area contributed by atoms with E-state index in [4.69, 9.17) is 9.39 Å². The van der Waals surface area contributed by atoms with Crippen molar-refractivity contribution in [3.8, 4) is 56.3 Å². The fourth-order valence-corrected chi connectivity index (χ4v) is 15.8. The Balaban J connectivity index is 1.02. The third kappa shape index (κ3) is 5.83. The maximum atomic E-state index is 7.08. The summed E-state index contributed by atoms with van der Waals surface area (Å²) in [6, 6.07) is 88.5. The fraction of sp³-hybridized carbons (Fsp3) is 0. The number of para-hydroxylation sites is 3. The Kier molecular flexibility index (Phi) is 8.65. The zero-order chi connectivity index (χ0) is 42.9. The van der Waals surface area contributed by atoms with Crippen molar-refractivity contribution in [2.45, 2.75) is 0 Å². The van der Waals surface area contributed by atoms with Crippen LogP contribution in [0.1, 0.15) is 0 Å². The number of ether oxygens (including phenoxy) is 1. The molecule has 0 N–H and O–H groups in total. The number of fused-ring (bicyclic) bond motifs is 7. The van der Waals surface area contributed by atoms with Crippen molar-refractivity contribution in [3.05, 3.63) is 243 Å². The second-order valence-corrected chi connectivity index (χ2v) is 20.9. The number of benzene rings is 10. The molecule has 0 saturated heterocycles. The molecule has 2 aliphatic heterocycles. The topological polar surface area (TPSA) is 23.4 Å². The summed E-state index contributed by atoms with van der Waals surface area (Å²) in [5.74, 6) is 2.51. The Bertz CT molecular complexity index is 3470. The van der Waals surface area contributed by atoms with Crippen LogP contribution in [0.4, 0.5) is 0 Å². The lowest BCUT2D eigenvalue weighted by Crippen LogP contribution is -2.75. The van der Waals surface area contributed by atoms with Crippen LogP contribution in [0.5, 0.6) is 17.2 Å². The first kappa shape index (κ1) is 37.4. The zero-order valence-electron chi connectivity index (χ0n) is 35.4. The third-order valence-electron chi connectivity index (χ3n) is 13.6. The van der Waals surface area contributed by atoms with Crippen LogP contribution >= 0.6 is 0 Å². The number of nitrogens with zero attached hydrogens (tertiary/aromatic N) is 1. The molecule has 3 heterocycles. The Morgan fingerprint density at radius 1 is 0.369 bits per heavy atom. The van der Waals surface area contributed by atoms with Gasteiger partial charge in [-0.25, -0.2) is 0 Å². The largest absolute Gasteiger partial charge is 0.551 e. The van der Waals surface area contributed by atoms with Crippen molar-refractivity contribution in [1.29, 1.82) is 0 Å². The van der Waals surface area contributed by atoms with Gasteiger partial charge in [0.2, 0.25) is 0 Å². The molecule has 1 aromatic heterocycles. The van der Waals surface area contributed by atoms with Crippen molar-refractivity contribution < 1.29 is 9.39 Å². The highest BCUT2D eigenvalue weighted by molar-refractivity contribution is 7.20. The van der Waals surface area contributed by atoms with Gasteiger partial charge in [-0.2, -0.15) is 0 Å². The molecule has 0 saturated carbocycles. The first-order valence-electron chi connectivity index (χ1n) is 22.4. The van der Waals surface area contributed by atoms with Crippen LogP contribution in [0.25, 0.3) is 60.9 Å². The summed E-state index contributed by atoms with van der Waals surface area (Å²) in [5, 5.41) is 7.86. The van der Waals surface area contributed by atoms with Crippen LogP contribution < -0.4 is 41.1 Å². The number of hydrogen-bond donors (Lipinski definition) is 0. The molecule has 3 nitrogen and oxygen atoms in total. The molecule has 13 rings (SSSR count). The Hall–Kier alpha value is -8.12. The molecule has 5 heteroatoms. The van der Waals surface area contributed by atoms with E-state index < -0.39 is 8.07 Å². The van der Waals surface area contributed by atoms with Gasteiger partial charge in [0.1, 0.15) is 17.2 Å². The van der Waals surface area contributed by atoms with E-state index in [1.807, 2.05) is 6.07 Å². The van der Waals surface area contributed by atoms with E-state index >= 15 is 0 Å². The minimum Gasteiger partial charge on any atom is -0.551 e. The van der Waals surface area contributed by atoms with Crippen LogP contribution in [0.15, 0.2) is 243 Å². The standard InChI is InChI=1S/C60H40BNO2Si/c1-4-21-45(22-5-1)65(46-23-6-2-7-24-46,47-25-8-3-9-26-47)59-34-17-12-27-48(59)42-35-36-56-51(38-42)52-39-43(40-58-60(52)61(64-56)53-30-13-16-33-57(53)63-58)41-19-18-20-44(37-41)62-54-31-14-10-28-49(54)50-29-11-15-32-55(50)62/h1-40H. The Labute approximate surface area is 379 Å². The van der Waals surface area contributed by atoms with Crippen molar-refractivity contribution in [1.82, 2.24) is 4.57 Å².